The maximum absolute atomic E-state index is 3.24. The Balaban J connectivity index is 2.08. The minimum atomic E-state index is 0.610. The number of aromatic amines is 1. The highest BCUT2D eigenvalue weighted by Crippen LogP contribution is 2.27. The van der Waals surface area contributed by atoms with Gasteiger partial charge in [-0.15, -0.1) is 0 Å². The lowest BCUT2D eigenvalue weighted by molar-refractivity contribution is -0.730. The van der Waals surface area contributed by atoms with Crippen molar-refractivity contribution in [1.82, 2.24) is 4.98 Å². The van der Waals surface area contributed by atoms with Gasteiger partial charge in [0.1, 0.15) is 18.4 Å². The number of rotatable bonds is 11. The molecule has 2 nitrogen and oxygen atoms in total. The van der Waals surface area contributed by atoms with Crippen LogP contribution in [0, 0.1) is 5.92 Å². The molecule has 0 saturated carbocycles. The Morgan fingerprint density at radius 1 is 0.957 bits per heavy atom. The molecule has 126 valence electrons. The number of benzene rings is 1. The Bertz CT molecular complexity index is 504. The Hall–Kier alpha value is -1.57. The SMILES string of the molecule is CCCCCCC(C(CCC)Cc1ccccc1)[n+]1cc[nH]c1. The first-order chi connectivity index (χ1) is 11.3. The molecule has 1 N–H and O–H groups in total. The van der Waals surface area contributed by atoms with Gasteiger partial charge in [0.2, 0.25) is 6.33 Å². The van der Waals surface area contributed by atoms with Crippen molar-refractivity contribution in [2.24, 2.45) is 5.92 Å². The van der Waals surface area contributed by atoms with Gasteiger partial charge in [0.15, 0.2) is 0 Å². The molecule has 0 aliphatic rings. The summed E-state index contributed by atoms with van der Waals surface area (Å²) in [6.07, 6.45) is 16.8. The van der Waals surface area contributed by atoms with Crippen LogP contribution in [0.1, 0.15) is 70.4 Å². The highest BCUT2D eigenvalue weighted by atomic mass is 15.1. The predicted molar refractivity (Wildman–Crippen MR) is 97.3 cm³/mol. The smallest absolute Gasteiger partial charge is 0.241 e. The van der Waals surface area contributed by atoms with Crippen LogP contribution in [0.25, 0.3) is 0 Å². The summed E-state index contributed by atoms with van der Waals surface area (Å²) in [5, 5.41) is 0. The molecular formula is C21H33N2+. The van der Waals surface area contributed by atoms with E-state index in [9.17, 15) is 0 Å². The molecule has 0 aliphatic carbocycles. The average molecular weight is 314 g/mol. The maximum Gasteiger partial charge on any atom is 0.241 e. The summed E-state index contributed by atoms with van der Waals surface area (Å²) in [6, 6.07) is 11.6. The summed E-state index contributed by atoms with van der Waals surface area (Å²) in [6.45, 7) is 4.60. The zero-order chi connectivity index (χ0) is 16.3. The van der Waals surface area contributed by atoms with Crippen LogP contribution >= 0.6 is 0 Å². The molecule has 2 rings (SSSR count). The summed E-state index contributed by atoms with van der Waals surface area (Å²) < 4.78 is 2.41. The van der Waals surface area contributed by atoms with Crippen LogP contribution in [0.4, 0.5) is 0 Å². The number of hydrogen-bond donors (Lipinski definition) is 1. The zero-order valence-corrected chi connectivity index (χ0v) is 14.9. The van der Waals surface area contributed by atoms with E-state index >= 15 is 0 Å². The lowest BCUT2D eigenvalue weighted by Crippen LogP contribution is -2.42. The first kappa shape index (κ1) is 17.8. The summed E-state index contributed by atoms with van der Waals surface area (Å²) in [5.41, 5.74) is 1.47. The summed E-state index contributed by atoms with van der Waals surface area (Å²) in [5.74, 6) is 0.713. The summed E-state index contributed by atoms with van der Waals surface area (Å²) in [4.78, 5) is 3.24. The number of hydrogen-bond acceptors (Lipinski definition) is 0. The van der Waals surface area contributed by atoms with Crippen LogP contribution in [0.3, 0.4) is 0 Å². The predicted octanol–water partition coefficient (Wildman–Crippen LogP) is 5.47. The zero-order valence-electron chi connectivity index (χ0n) is 14.9. The van der Waals surface area contributed by atoms with Crippen molar-refractivity contribution in [2.45, 2.75) is 71.3 Å². The van der Waals surface area contributed by atoms with Crippen molar-refractivity contribution in [1.29, 1.82) is 0 Å². The molecule has 0 radical (unpaired) electrons. The van der Waals surface area contributed by atoms with Crippen LogP contribution in [0.2, 0.25) is 0 Å². The van der Waals surface area contributed by atoms with Gasteiger partial charge in [0.05, 0.1) is 0 Å². The van der Waals surface area contributed by atoms with Gasteiger partial charge in [-0.05, 0) is 31.2 Å². The van der Waals surface area contributed by atoms with E-state index < -0.39 is 0 Å². The normalized spacial score (nSPS) is 13.8. The molecule has 23 heavy (non-hydrogen) atoms. The van der Waals surface area contributed by atoms with Crippen molar-refractivity contribution < 1.29 is 4.57 Å². The molecule has 2 unspecified atom stereocenters. The van der Waals surface area contributed by atoms with E-state index in [1.807, 2.05) is 6.20 Å². The van der Waals surface area contributed by atoms with Gasteiger partial charge >= 0.3 is 0 Å². The van der Waals surface area contributed by atoms with Crippen LogP contribution in [0.5, 0.6) is 0 Å². The summed E-state index contributed by atoms with van der Waals surface area (Å²) >= 11 is 0. The van der Waals surface area contributed by atoms with Crippen molar-refractivity contribution in [3.05, 3.63) is 54.6 Å². The minimum Gasteiger partial charge on any atom is -0.250 e. The van der Waals surface area contributed by atoms with Crippen LogP contribution in [0.15, 0.2) is 49.1 Å². The number of nitrogens with one attached hydrogen (secondary N) is 1. The Morgan fingerprint density at radius 2 is 1.78 bits per heavy atom. The van der Waals surface area contributed by atoms with Gasteiger partial charge < -0.3 is 0 Å². The molecule has 1 heterocycles. The molecule has 2 aromatic rings. The average Bonchev–Trinajstić information content (AvgIpc) is 3.10. The van der Waals surface area contributed by atoms with E-state index in [0.717, 1.165) is 0 Å². The van der Waals surface area contributed by atoms with Gasteiger partial charge in [0, 0.05) is 5.92 Å². The van der Waals surface area contributed by atoms with E-state index in [1.54, 1.807) is 0 Å². The molecule has 1 aromatic heterocycles. The molecule has 2 atom stereocenters. The van der Waals surface area contributed by atoms with Crippen LogP contribution < -0.4 is 4.57 Å². The minimum absolute atomic E-state index is 0.610. The Labute approximate surface area is 142 Å². The second kappa shape index (κ2) is 10.3. The highest BCUT2D eigenvalue weighted by molar-refractivity contribution is 5.15. The molecule has 0 aliphatic heterocycles. The quantitative estimate of drug-likeness (QED) is 0.419. The van der Waals surface area contributed by atoms with E-state index in [4.69, 9.17) is 0 Å². The lowest BCUT2D eigenvalue weighted by atomic mass is 9.85. The fraction of sp³-hybridized carbons (Fsp3) is 0.571. The third-order valence-electron chi connectivity index (χ3n) is 4.85. The lowest BCUT2D eigenvalue weighted by Gasteiger charge is -2.25. The molecule has 0 saturated heterocycles. The number of nitrogens with zero attached hydrogens (tertiary/aromatic N) is 1. The molecule has 2 heteroatoms. The van der Waals surface area contributed by atoms with Gasteiger partial charge in [-0.25, -0.2) is 4.57 Å². The third kappa shape index (κ3) is 5.85. The molecule has 0 bridgehead atoms. The van der Waals surface area contributed by atoms with Crippen LogP contribution in [-0.4, -0.2) is 4.98 Å². The number of unbranched alkanes of at least 4 members (excludes halogenated alkanes) is 3. The maximum atomic E-state index is 3.24. The first-order valence-corrected chi connectivity index (χ1v) is 9.42. The highest BCUT2D eigenvalue weighted by Gasteiger charge is 2.26. The largest absolute Gasteiger partial charge is 0.250 e. The van der Waals surface area contributed by atoms with Crippen LogP contribution in [-0.2, 0) is 6.42 Å². The molecule has 1 aromatic carbocycles. The molecule has 0 spiro atoms. The van der Waals surface area contributed by atoms with E-state index in [-0.39, 0.29) is 0 Å². The van der Waals surface area contributed by atoms with Gasteiger partial charge in [-0.3, -0.25) is 4.98 Å². The monoisotopic (exact) mass is 313 g/mol. The molecule has 0 fully saturated rings. The fourth-order valence-corrected chi connectivity index (χ4v) is 3.63. The second-order valence-electron chi connectivity index (χ2n) is 6.71. The number of imidazole rings is 1. The molecular weight excluding hydrogens is 280 g/mol. The number of aromatic nitrogens is 2. The Morgan fingerprint density at radius 3 is 2.43 bits per heavy atom. The van der Waals surface area contributed by atoms with Gasteiger partial charge in [-0.2, -0.15) is 0 Å². The third-order valence-corrected chi connectivity index (χ3v) is 4.85. The van der Waals surface area contributed by atoms with Crippen molar-refractivity contribution in [2.75, 3.05) is 0 Å². The van der Waals surface area contributed by atoms with E-state index in [0.29, 0.717) is 12.0 Å². The van der Waals surface area contributed by atoms with Gasteiger partial charge in [-0.1, -0.05) is 69.9 Å². The van der Waals surface area contributed by atoms with Crippen molar-refractivity contribution >= 4 is 0 Å². The summed E-state index contributed by atoms with van der Waals surface area (Å²) in [7, 11) is 0. The number of H-pyrrole nitrogens is 1. The standard InChI is InChI=1S/C21H32N2/c1-3-5-6-10-14-21(23-16-15-22-18-23)20(11-4-2)17-19-12-8-7-9-13-19/h7-9,12-13,15-16,18,20-21H,3-6,10-11,14,17H2,1-2H3/p+1. The van der Waals surface area contributed by atoms with Crippen molar-refractivity contribution in [3.63, 3.8) is 0 Å². The van der Waals surface area contributed by atoms with E-state index in [1.165, 1.54) is 56.9 Å². The van der Waals surface area contributed by atoms with Gasteiger partial charge in [0.25, 0.3) is 0 Å². The Kier molecular flexibility index (Phi) is 7.92. The van der Waals surface area contributed by atoms with Crippen molar-refractivity contribution in [3.8, 4) is 0 Å². The fourth-order valence-electron chi connectivity index (χ4n) is 3.63. The van der Waals surface area contributed by atoms with E-state index in [2.05, 4.69) is 66.3 Å². The molecule has 0 amide bonds. The second-order valence-corrected chi connectivity index (χ2v) is 6.71. The topological polar surface area (TPSA) is 19.7 Å². The first-order valence-electron chi connectivity index (χ1n) is 9.42.